The van der Waals surface area contributed by atoms with Gasteiger partial charge in [-0.05, 0) is 59.2 Å². The second-order valence-electron chi connectivity index (χ2n) is 7.11. The molecule has 7 nitrogen and oxygen atoms in total. The molecule has 0 aliphatic rings. The van der Waals surface area contributed by atoms with Gasteiger partial charge in [-0.2, -0.15) is 5.10 Å². The molecule has 0 saturated heterocycles. The molecule has 1 amide bonds. The fraction of sp³-hybridized carbons (Fsp3) is 0.412. The number of benzene rings is 1. The average molecular weight is 364 g/mol. The lowest BCUT2D eigenvalue weighted by atomic mass is 10.1. The average Bonchev–Trinajstić information content (AvgIpc) is 2.75. The molecule has 1 aromatic carbocycles. The van der Waals surface area contributed by atoms with Gasteiger partial charge in [0.15, 0.2) is 0 Å². The van der Waals surface area contributed by atoms with Crippen LogP contribution in [-0.2, 0) is 15.6 Å². The van der Waals surface area contributed by atoms with E-state index in [9.17, 15) is 13.2 Å². The maximum Gasteiger partial charge on any atom is 0.259 e. The molecule has 0 spiro atoms. The van der Waals surface area contributed by atoms with Crippen LogP contribution < -0.4 is 10.5 Å². The van der Waals surface area contributed by atoms with Crippen LogP contribution in [0.5, 0.6) is 0 Å². The van der Waals surface area contributed by atoms with E-state index in [4.69, 9.17) is 5.14 Å². The topological polar surface area (TPSA) is 107 Å². The Morgan fingerprint density at radius 1 is 1.20 bits per heavy atom. The van der Waals surface area contributed by atoms with Crippen LogP contribution in [-0.4, -0.2) is 24.1 Å². The number of nitrogens with two attached hydrogens (primary N) is 1. The van der Waals surface area contributed by atoms with Gasteiger partial charge in [0.25, 0.3) is 5.91 Å². The van der Waals surface area contributed by atoms with Crippen LogP contribution in [0.2, 0.25) is 0 Å². The summed E-state index contributed by atoms with van der Waals surface area (Å²) in [5, 5.41) is 12.4. The summed E-state index contributed by atoms with van der Waals surface area (Å²) in [5.74, 6) is -0.338. The molecular formula is C17H24N4O3S. The number of anilines is 1. The van der Waals surface area contributed by atoms with E-state index in [1.807, 2.05) is 32.4 Å². The summed E-state index contributed by atoms with van der Waals surface area (Å²) < 4.78 is 25.1. The molecule has 2 aromatic rings. The number of amides is 1. The molecule has 0 radical (unpaired) electrons. The predicted octanol–water partition coefficient (Wildman–Crippen LogP) is 2.46. The van der Waals surface area contributed by atoms with Gasteiger partial charge in [-0.1, -0.05) is 6.07 Å². The summed E-state index contributed by atoms with van der Waals surface area (Å²) in [6.07, 6.45) is 0. The Bertz CT molecular complexity index is 938. The smallest absolute Gasteiger partial charge is 0.259 e. The Morgan fingerprint density at radius 2 is 1.80 bits per heavy atom. The normalized spacial score (nSPS) is 12.3. The second-order valence-corrected chi connectivity index (χ2v) is 8.64. The van der Waals surface area contributed by atoms with Gasteiger partial charge in [0.1, 0.15) is 0 Å². The quantitative estimate of drug-likeness (QED) is 0.872. The first-order valence-corrected chi connectivity index (χ1v) is 9.38. The fourth-order valence-electron chi connectivity index (χ4n) is 2.80. The zero-order valence-corrected chi connectivity index (χ0v) is 16.2. The van der Waals surface area contributed by atoms with E-state index in [1.54, 1.807) is 26.0 Å². The van der Waals surface area contributed by atoms with Crippen molar-refractivity contribution in [3.63, 3.8) is 0 Å². The van der Waals surface area contributed by atoms with Crippen molar-refractivity contribution < 1.29 is 13.2 Å². The number of carbonyl (C=O) groups excluding carboxylic acids is 1. The summed E-state index contributed by atoms with van der Waals surface area (Å²) in [4.78, 5) is 12.7. The number of aromatic nitrogens is 2. The highest BCUT2D eigenvalue weighted by atomic mass is 32.2. The van der Waals surface area contributed by atoms with Crippen molar-refractivity contribution in [3.05, 3.63) is 40.7 Å². The number of nitrogens with zero attached hydrogens (tertiary/aromatic N) is 2. The summed E-state index contributed by atoms with van der Waals surface area (Å²) >= 11 is 0. The third kappa shape index (κ3) is 3.91. The number of hydrogen-bond acceptors (Lipinski definition) is 4. The first-order valence-electron chi connectivity index (χ1n) is 7.84. The Morgan fingerprint density at radius 3 is 2.28 bits per heavy atom. The molecule has 0 saturated carbocycles. The van der Waals surface area contributed by atoms with Crippen molar-refractivity contribution in [2.24, 2.45) is 5.14 Å². The molecule has 0 aliphatic heterocycles. The molecule has 8 heteroatoms. The minimum absolute atomic E-state index is 0.0101. The van der Waals surface area contributed by atoms with E-state index >= 15 is 0 Å². The van der Waals surface area contributed by atoms with Crippen molar-refractivity contribution in [2.45, 2.75) is 52.0 Å². The standard InChI is InChI=1S/C17H24N4O3S/c1-10-7-8-13(9-14(10)25(18,23)24)19-16(22)15-11(2)20-21(12(15)3)17(4,5)6/h7-9H,1-6H3,(H,19,22)(H2,18,23,24). The molecule has 0 bridgehead atoms. The molecule has 0 aliphatic carbocycles. The Balaban J connectivity index is 2.41. The third-order valence-electron chi connectivity index (χ3n) is 3.91. The summed E-state index contributed by atoms with van der Waals surface area (Å²) in [6.45, 7) is 11.3. The van der Waals surface area contributed by atoms with Crippen molar-refractivity contribution in [2.75, 3.05) is 5.32 Å². The summed E-state index contributed by atoms with van der Waals surface area (Å²) in [5.41, 5.74) is 2.48. The highest BCUT2D eigenvalue weighted by molar-refractivity contribution is 7.89. The summed E-state index contributed by atoms with van der Waals surface area (Å²) in [7, 11) is -3.86. The largest absolute Gasteiger partial charge is 0.322 e. The number of hydrogen-bond donors (Lipinski definition) is 2. The first kappa shape index (κ1) is 19.1. The van der Waals surface area contributed by atoms with Crippen LogP contribution in [0.4, 0.5) is 5.69 Å². The fourth-order valence-corrected chi connectivity index (χ4v) is 3.61. The van der Waals surface area contributed by atoms with Gasteiger partial charge >= 0.3 is 0 Å². The number of nitrogens with one attached hydrogen (secondary N) is 1. The Hall–Kier alpha value is -2.19. The molecule has 0 fully saturated rings. The lowest BCUT2D eigenvalue weighted by molar-refractivity contribution is 0.102. The molecule has 0 unspecified atom stereocenters. The Labute approximate surface area is 148 Å². The van der Waals surface area contributed by atoms with Gasteiger partial charge in [0.2, 0.25) is 10.0 Å². The van der Waals surface area contributed by atoms with Crippen molar-refractivity contribution in [1.29, 1.82) is 0 Å². The van der Waals surface area contributed by atoms with Crippen molar-refractivity contribution in [1.82, 2.24) is 9.78 Å². The first-order chi connectivity index (χ1) is 11.3. The van der Waals surface area contributed by atoms with E-state index in [0.717, 1.165) is 5.69 Å². The Kier molecular flexibility index (Phi) is 4.80. The van der Waals surface area contributed by atoms with E-state index in [0.29, 0.717) is 22.5 Å². The molecule has 25 heavy (non-hydrogen) atoms. The molecule has 1 aromatic heterocycles. The van der Waals surface area contributed by atoms with E-state index in [-0.39, 0.29) is 16.3 Å². The van der Waals surface area contributed by atoms with Gasteiger partial charge in [0.05, 0.1) is 21.7 Å². The maximum atomic E-state index is 12.7. The lowest BCUT2D eigenvalue weighted by Gasteiger charge is -2.21. The van der Waals surface area contributed by atoms with Crippen LogP contribution in [0, 0.1) is 20.8 Å². The van der Waals surface area contributed by atoms with E-state index in [1.165, 1.54) is 6.07 Å². The van der Waals surface area contributed by atoms with Crippen LogP contribution in [0.25, 0.3) is 0 Å². The second kappa shape index (κ2) is 6.27. The van der Waals surface area contributed by atoms with Gasteiger partial charge < -0.3 is 5.32 Å². The molecule has 2 rings (SSSR count). The van der Waals surface area contributed by atoms with Crippen LogP contribution >= 0.6 is 0 Å². The number of primary sulfonamides is 1. The number of carbonyl (C=O) groups is 1. The van der Waals surface area contributed by atoms with Gasteiger partial charge in [-0.25, -0.2) is 13.6 Å². The lowest BCUT2D eigenvalue weighted by Crippen LogP contribution is -2.25. The maximum absolute atomic E-state index is 12.7. The molecule has 136 valence electrons. The molecule has 0 atom stereocenters. The van der Waals surface area contributed by atoms with Crippen molar-refractivity contribution >= 4 is 21.6 Å². The van der Waals surface area contributed by atoms with Gasteiger partial charge in [0, 0.05) is 11.4 Å². The SMILES string of the molecule is Cc1ccc(NC(=O)c2c(C)nn(C(C)(C)C)c2C)cc1S(N)(=O)=O. The molecule has 1 heterocycles. The zero-order valence-electron chi connectivity index (χ0n) is 15.3. The summed E-state index contributed by atoms with van der Waals surface area (Å²) in [6, 6.07) is 4.61. The third-order valence-corrected chi connectivity index (χ3v) is 4.96. The van der Waals surface area contributed by atoms with Crippen LogP contribution in [0.3, 0.4) is 0 Å². The van der Waals surface area contributed by atoms with Crippen LogP contribution in [0.15, 0.2) is 23.1 Å². The predicted molar refractivity (Wildman–Crippen MR) is 97.2 cm³/mol. The highest BCUT2D eigenvalue weighted by Crippen LogP contribution is 2.24. The number of rotatable bonds is 3. The molecule has 3 N–H and O–H groups in total. The van der Waals surface area contributed by atoms with E-state index < -0.39 is 10.0 Å². The monoisotopic (exact) mass is 364 g/mol. The minimum Gasteiger partial charge on any atom is -0.322 e. The van der Waals surface area contributed by atoms with Gasteiger partial charge in [-0.15, -0.1) is 0 Å². The van der Waals surface area contributed by atoms with Crippen LogP contribution in [0.1, 0.15) is 48.1 Å². The van der Waals surface area contributed by atoms with E-state index in [2.05, 4.69) is 10.4 Å². The minimum atomic E-state index is -3.86. The van der Waals surface area contributed by atoms with Crippen molar-refractivity contribution in [3.8, 4) is 0 Å². The highest BCUT2D eigenvalue weighted by Gasteiger charge is 2.24. The number of sulfonamides is 1. The van der Waals surface area contributed by atoms with Gasteiger partial charge in [-0.3, -0.25) is 9.48 Å². The number of aryl methyl sites for hydroxylation is 2. The zero-order chi connectivity index (χ0) is 19.2. The molecular weight excluding hydrogens is 340 g/mol.